The first-order valence-corrected chi connectivity index (χ1v) is 8.81. The maximum atomic E-state index is 13.2. The predicted octanol–water partition coefficient (Wildman–Crippen LogP) is 2.19. The molecule has 0 N–H and O–H groups in total. The van der Waals surface area contributed by atoms with Crippen LogP contribution in [0.4, 0.5) is 0 Å². The van der Waals surface area contributed by atoms with Crippen LogP contribution >= 0.6 is 0 Å². The van der Waals surface area contributed by atoms with Gasteiger partial charge in [-0.25, -0.2) is 0 Å². The SMILES string of the molecule is CCc1cc2c(=O)c(-c3ccc4c(c3)OCO4)c(C)oc2cc1OCC(=O)[O-]. The molecule has 0 amide bonds. The van der Waals surface area contributed by atoms with E-state index in [1.54, 1.807) is 37.3 Å². The fourth-order valence-corrected chi connectivity index (χ4v) is 3.31. The Balaban J connectivity index is 1.87. The number of carbonyl (C=O) groups excluding carboxylic acids is 1. The zero-order valence-corrected chi connectivity index (χ0v) is 15.4. The zero-order chi connectivity index (χ0) is 19.8. The van der Waals surface area contributed by atoms with Crippen LogP contribution in [0.1, 0.15) is 18.2 Å². The van der Waals surface area contributed by atoms with Crippen LogP contribution < -0.4 is 24.7 Å². The summed E-state index contributed by atoms with van der Waals surface area (Å²) >= 11 is 0. The second kappa shape index (κ2) is 6.92. The van der Waals surface area contributed by atoms with Crippen molar-refractivity contribution < 1.29 is 28.5 Å². The third kappa shape index (κ3) is 3.05. The van der Waals surface area contributed by atoms with Crippen LogP contribution in [0.5, 0.6) is 17.2 Å². The van der Waals surface area contributed by atoms with E-state index in [1.807, 2.05) is 6.92 Å². The first-order valence-electron chi connectivity index (χ1n) is 8.81. The second-order valence-electron chi connectivity index (χ2n) is 6.40. The molecule has 1 aliphatic rings. The molecule has 2 heterocycles. The Labute approximate surface area is 160 Å². The number of rotatable bonds is 5. The fourth-order valence-electron chi connectivity index (χ4n) is 3.31. The Morgan fingerprint density at radius 3 is 2.71 bits per heavy atom. The van der Waals surface area contributed by atoms with Gasteiger partial charge in [0.15, 0.2) is 11.5 Å². The Morgan fingerprint density at radius 1 is 1.18 bits per heavy atom. The minimum atomic E-state index is -1.32. The molecule has 0 radical (unpaired) electrons. The Bertz CT molecular complexity index is 1140. The molecule has 0 atom stereocenters. The Kier molecular flexibility index (Phi) is 4.43. The van der Waals surface area contributed by atoms with E-state index in [0.717, 1.165) is 0 Å². The number of carbonyl (C=O) groups is 1. The van der Waals surface area contributed by atoms with E-state index in [0.29, 0.717) is 57.1 Å². The lowest BCUT2D eigenvalue weighted by Crippen LogP contribution is -2.29. The minimum Gasteiger partial charge on any atom is -0.546 e. The van der Waals surface area contributed by atoms with Crippen LogP contribution in [-0.2, 0) is 11.2 Å². The summed E-state index contributed by atoms with van der Waals surface area (Å²) in [6.45, 7) is 3.17. The molecule has 4 rings (SSSR count). The summed E-state index contributed by atoms with van der Waals surface area (Å²) in [5.41, 5.74) is 1.97. The summed E-state index contributed by atoms with van der Waals surface area (Å²) in [7, 11) is 0. The van der Waals surface area contributed by atoms with Crippen LogP contribution in [0.15, 0.2) is 39.5 Å². The molecule has 0 unspecified atom stereocenters. The largest absolute Gasteiger partial charge is 0.546 e. The summed E-state index contributed by atoms with van der Waals surface area (Å²) in [6, 6.07) is 8.54. The molecule has 1 aromatic heterocycles. The van der Waals surface area contributed by atoms with Gasteiger partial charge in [0.1, 0.15) is 23.7 Å². The number of carboxylic acid groups (broad SMARTS) is 1. The number of carboxylic acids is 1. The Hall–Kier alpha value is -3.48. The van der Waals surface area contributed by atoms with Gasteiger partial charge in [-0.3, -0.25) is 4.79 Å². The van der Waals surface area contributed by atoms with E-state index in [1.165, 1.54) is 0 Å². The highest BCUT2D eigenvalue weighted by atomic mass is 16.7. The minimum absolute atomic E-state index is 0.151. The molecule has 0 aliphatic carbocycles. The van der Waals surface area contributed by atoms with Crippen molar-refractivity contribution in [3.63, 3.8) is 0 Å². The second-order valence-corrected chi connectivity index (χ2v) is 6.40. The highest BCUT2D eigenvalue weighted by Gasteiger charge is 2.19. The Morgan fingerprint density at radius 2 is 1.96 bits per heavy atom. The quantitative estimate of drug-likeness (QED) is 0.668. The van der Waals surface area contributed by atoms with Crippen LogP contribution in [-0.4, -0.2) is 19.4 Å². The molecule has 2 aromatic carbocycles. The maximum absolute atomic E-state index is 13.2. The van der Waals surface area contributed by atoms with Crippen molar-refractivity contribution in [3.8, 4) is 28.4 Å². The van der Waals surface area contributed by atoms with Gasteiger partial charge in [-0.05, 0) is 42.7 Å². The number of benzene rings is 2. The number of ether oxygens (including phenoxy) is 3. The van der Waals surface area contributed by atoms with Crippen molar-refractivity contribution in [1.82, 2.24) is 0 Å². The summed E-state index contributed by atoms with van der Waals surface area (Å²) in [5, 5.41) is 11.1. The average Bonchev–Trinajstić information content (AvgIpc) is 3.13. The lowest BCUT2D eigenvalue weighted by atomic mass is 10.0. The van der Waals surface area contributed by atoms with E-state index >= 15 is 0 Å². The van der Waals surface area contributed by atoms with Crippen molar-refractivity contribution >= 4 is 16.9 Å². The van der Waals surface area contributed by atoms with Crippen LogP contribution in [0, 0.1) is 6.92 Å². The van der Waals surface area contributed by atoms with Gasteiger partial charge in [0.2, 0.25) is 12.2 Å². The molecule has 0 bridgehead atoms. The normalized spacial score (nSPS) is 12.4. The standard InChI is InChI=1S/C21H18O7/c1-3-12-6-14-17(8-16(12)25-9-19(22)23)28-11(2)20(21(14)24)13-4-5-15-18(7-13)27-10-26-15/h4-8H,3,9-10H2,1-2H3,(H,22,23)/p-1. The van der Waals surface area contributed by atoms with Crippen LogP contribution in [0.2, 0.25) is 0 Å². The monoisotopic (exact) mass is 381 g/mol. The average molecular weight is 381 g/mol. The van der Waals surface area contributed by atoms with E-state index in [2.05, 4.69) is 0 Å². The van der Waals surface area contributed by atoms with E-state index < -0.39 is 12.6 Å². The van der Waals surface area contributed by atoms with Crippen LogP contribution in [0.25, 0.3) is 22.1 Å². The molecule has 0 saturated carbocycles. The molecule has 0 spiro atoms. The molecular weight excluding hydrogens is 364 g/mol. The topological polar surface area (TPSA) is 98.0 Å². The third-order valence-corrected chi connectivity index (χ3v) is 4.64. The van der Waals surface area contributed by atoms with Crippen LogP contribution in [0.3, 0.4) is 0 Å². The van der Waals surface area contributed by atoms with Gasteiger partial charge in [-0.2, -0.15) is 0 Å². The first kappa shape index (κ1) is 17.9. The van der Waals surface area contributed by atoms with E-state index in [4.69, 9.17) is 18.6 Å². The molecule has 3 aromatic rings. The molecular formula is C21H17O7-. The number of aryl methyl sites for hydroxylation is 2. The van der Waals surface area contributed by atoms with Gasteiger partial charge in [-0.1, -0.05) is 13.0 Å². The van der Waals surface area contributed by atoms with Crippen molar-refractivity contribution in [1.29, 1.82) is 0 Å². The predicted molar refractivity (Wildman–Crippen MR) is 98.7 cm³/mol. The number of hydrogen-bond acceptors (Lipinski definition) is 7. The summed E-state index contributed by atoms with van der Waals surface area (Å²) in [5.74, 6) is 0.688. The molecule has 0 fully saturated rings. The maximum Gasteiger partial charge on any atom is 0.231 e. The summed E-state index contributed by atoms with van der Waals surface area (Å²) in [4.78, 5) is 23.9. The van der Waals surface area contributed by atoms with E-state index in [-0.39, 0.29) is 12.2 Å². The number of hydrogen-bond donors (Lipinski definition) is 0. The summed E-state index contributed by atoms with van der Waals surface area (Å²) < 4.78 is 21.9. The molecule has 28 heavy (non-hydrogen) atoms. The molecule has 7 heteroatoms. The van der Waals surface area contributed by atoms with Gasteiger partial charge in [0, 0.05) is 6.07 Å². The summed E-state index contributed by atoms with van der Waals surface area (Å²) in [6.07, 6.45) is 0.561. The van der Waals surface area contributed by atoms with E-state index in [9.17, 15) is 14.7 Å². The lowest BCUT2D eigenvalue weighted by Gasteiger charge is -2.13. The third-order valence-electron chi connectivity index (χ3n) is 4.64. The number of fused-ring (bicyclic) bond motifs is 2. The molecule has 1 aliphatic heterocycles. The van der Waals surface area contributed by atoms with Gasteiger partial charge in [0.25, 0.3) is 0 Å². The molecule has 0 saturated heterocycles. The van der Waals surface area contributed by atoms with Crippen molar-refractivity contribution in [2.75, 3.05) is 13.4 Å². The zero-order valence-electron chi connectivity index (χ0n) is 15.4. The lowest BCUT2D eigenvalue weighted by molar-refractivity contribution is -0.307. The van der Waals surface area contributed by atoms with Crippen molar-refractivity contribution in [2.45, 2.75) is 20.3 Å². The van der Waals surface area contributed by atoms with Gasteiger partial charge >= 0.3 is 0 Å². The van der Waals surface area contributed by atoms with Crippen molar-refractivity contribution in [2.24, 2.45) is 0 Å². The smallest absolute Gasteiger partial charge is 0.231 e. The highest BCUT2D eigenvalue weighted by Crippen LogP contribution is 2.37. The number of aliphatic carboxylic acids is 1. The first-order chi connectivity index (χ1) is 13.5. The van der Waals surface area contributed by atoms with Gasteiger partial charge in [0.05, 0.1) is 16.9 Å². The molecule has 144 valence electrons. The van der Waals surface area contributed by atoms with Gasteiger partial charge < -0.3 is 28.5 Å². The fraction of sp³-hybridized carbons (Fsp3) is 0.238. The highest BCUT2D eigenvalue weighted by molar-refractivity contribution is 5.85. The molecule has 7 nitrogen and oxygen atoms in total. The van der Waals surface area contributed by atoms with Gasteiger partial charge in [-0.15, -0.1) is 0 Å². The van der Waals surface area contributed by atoms with Crippen molar-refractivity contribution in [3.05, 3.63) is 51.9 Å².